The molecule has 1 heterocycles. The van der Waals surface area contributed by atoms with Gasteiger partial charge in [0.15, 0.2) is 17.1 Å². The van der Waals surface area contributed by atoms with Crippen LogP contribution in [0.5, 0.6) is 0 Å². The smallest absolute Gasteiger partial charge is 0.375 e. The summed E-state index contributed by atoms with van der Waals surface area (Å²) in [5.74, 6) is -5.78. The van der Waals surface area contributed by atoms with Crippen molar-refractivity contribution in [3.8, 4) is 0 Å². The maximum absolute atomic E-state index is 17.1. The minimum atomic E-state index is -2.06. The van der Waals surface area contributed by atoms with Gasteiger partial charge in [-0.3, -0.25) is 9.59 Å². The highest BCUT2D eigenvalue weighted by Gasteiger charge is 2.78. The van der Waals surface area contributed by atoms with Crippen LogP contribution >= 0.6 is 0 Å². The van der Waals surface area contributed by atoms with Gasteiger partial charge >= 0.3 is 5.97 Å². The van der Waals surface area contributed by atoms with E-state index in [2.05, 4.69) is 0 Å². The third-order valence-corrected chi connectivity index (χ3v) is 9.41. The van der Waals surface area contributed by atoms with Gasteiger partial charge in [0.25, 0.3) is 5.76 Å². The van der Waals surface area contributed by atoms with E-state index in [1.807, 2.05) is 0 Å². The molecule has 0 unspecified atom stereocenters. The highest BCUT2D eigenvalue weighted by Crippen LogP contribution is 2.72. The van der Waals surface area contributed by atoms with Crippen molar-refractivity contribution in [2.45, 2.75) is 63.8 Å². The number of Topliss-reactive ketones (excluding diaryl/α,β-unsaturated/α-hetero) is 1. The van der Waals surface area contributed by atoms with Crippen LogP contribution in [0.15, 0.2) is 35.3 Å². The Labute approximate surface area is 184 Å². The van der Waals surface area contributed by atoms with Gasteiger partial charge in [0.05, 0.1) is 6.10 Å². The number of halogens is 1. The van der Waals surface area contributed by atoms with Crippen LogP contribution in [-0.4, -0.2) is 50.2 Å². The summed E-state index contributed by atoms with van der Waals surface area (Å²) in [5.41, 5.74) is -5.31. The molecule has 0 bridgehead atoms. The Morgan fingerprint density at radius 3 is 2.56 bits per heavy atom. The van der Waals surface area contributed by atoms with Crippen molar-refractivity contribution in [2.24, 2.45) is 28.6 Å². The molecular formula is C24H27FO7. The molecule has 32 heavy (non-hydrogen) atoms. The fourth-order valence-electron chi connectivity index (χ4n) is 7.91. The van der Waals surface area contributed by atoms with E-state index in [1.165, 1.54) is 12.2 Å². The molecular weight excluding hydrogens is 419 g/mol. The van der Waals surface area contributed by atoms with E-state index in [1.54, 1.807) is 26.8 Å². The molecule has 172 valence electrons. The predicted octanol–water partition coefficient (Wildman–Crippen LogP) is 2.80. The van der Waals surface area contributed by atoms with E-state index in [0.29, 0.717) is 24.8 Å². The average molecular weight is 446 g/mol. The molecule has 4 aliphatic carbocycles. The van der Waals surface area contributed by atoms with Crippen molar-refractivity contribution in [2.75, 3.05) is 0 Å². The van der Waals surface area contributed by atoms with Crippen molar-refractivity contribution >= 4 is 17.5 Å². The molecule has 0 radical (unpaired) electrons. The number of carbonyl (C=O) groups excluding carboxylic acids is 2. The van der Waals surface area contributed by atoms with E-state index in [-0.39, 0.29) is 18.1 Å². The molecule has 0 aromatic carbocycles. The molecule has 0 saturated heterocycles. The third-order valence-electron chi connectivity index (χ3n) is 9.41. The molecule has 0 amide bonds. The van der Waals surface area contributed by atoms with Crippen LogP contribution in [0, 0.1) is 28.6 Å². The molecule has 8 heteroatoms. The summed E-state index contributed by atoms with van der Waals surface area (Å²) in [4.78, 5) is 36.8. The first-order valence-electron chi connectivity index (χ1n) is 11.1. The summed E-state index contributed by atoms with van der Waals surface area (Å²) in [5, 5.41) is 31.0. The van der Waals surface area contributed by atoms with Crippen LogP contribution in [0.1, 0.15) is 46.5 Å². The summed E-state index contributed by atoms with van der Waals surface area (Å²) in [6.45, 7) is 5.20. The molecule has 5 rings (SSSR count). The fourth-order valence-corrected chi connectivity index (χ4v) is 7.91. The average Bonchev–Trinajstić information content (AvgIpc) is 3.11. The second-order valence-electron chi connectivity index (χ2n) is 10.6. The van der Waals surface area contributed by atoms with E-state index in [0.717, 1.165) is 0 Å². The van der Waals surface area contributed by atoms with Gasteiger partial charge in [0, 0.05) is 22.7 Å². The van der Waals surface area contributed by atoms with Gasteiger partial charge in [0.1, 0.15) is 0 Å². The minimum Gasteiger partial charge on any atom is -0.501 e. The highest BCUT2D eigenvalue weighted by molar-refractivity contribution is 6.09. The van der Waals surface area contributed by atoms with Crippen LogP contribution < -0.4 is 0 Å². The number of rotatable bonds is 1. The number of ether oxygens (including phenoxy) is 1. The lowest BCUT2D eigenvalue weighted by Crippen LogP contribution is -2.69. The van der Waals surface area contributed by atoms with Crippen molar-refractivity contribution in [3.05, 3.63) is 35.3 Å². The maximum atomic E-state index is 17.1. The summed E-state index contributed by atoms with van der Waals surface area (Å²) in [7, 11) is 0. The first-order chi connectivity index (χ1) is 14.8. The lowest BCUT2D eigenvalue weighted by molar-refractivity contribution is -0.218. The Bertz CT molecular complexity index is 1060. The SMILES string of the molecule is C[C@H]1C[C@H]2[C@@H]3CCC4=CC(=O)C=C[C@]4(C)[C@@]3(F)[C@@H](O)C[C@]2(C)[C@]12OC(C(=O)O)=C(O)C2=O. The number of aliphatic hydroxyl groups excluding tert-OH is 2. The summed E-state index contributed by atoms with van der Waals surface area (Å²) in [6, 6.07) is 0. The molecule has 3 N–H and O–H groups in total. The van der Waals surface area contributed by atoms with Crippen molar-refractivity contribution < 1.29 is 38.8 Å². The Kier molecular flexibility index (Phi) is 4.07. The Balaban J connectivity index is 1.63. The van der Waals surface area contributed by atoms with E-state index < -0.39 is 63.3 Å². The number of aliphatic carboxylic acids is 1. The van der Waals surface area contributed by atoms with Gasteiger partial charge in [0.2, 0.25) is 11.5 Å². The number of fused-ring (bicyclic) bond motifs is 6. The van der Waals surface area contributed by atoms with Gasteiger partial charge < -0.3 is 20.1 Å². The molecule has 0 aromatic rings. The van der Waals surface area contributed by atoms with Gasteiger partial charge in [-0.15, -0.1) is 0 Å². The fraction of sp³-hybridized carbons (Fsp3) is 0.625. The Hall–Kier alpha value is -2.48. The Morgan fingerprint density at radius 1 is 1.25 bits per heavy atom. The summed E-state index contributed by atoms with van der Waals surface area (Å²) >= 11 is 0. The number of allylic oxidation sites excluding steroid dienone is 4. The number of aliphatic hydroxyl groups is 2. The number of carbonyl (C=O) groups is 3. The zero-order valence-electron chi connectivity index (χ0n) is 18.2. The zero-order valence-corrected chi connectivity index (χ0v) is 18.2. The second-order valence-corrected chi connectivity index (χ2v) is 10.6. The molecule has 7 nitrogen and oxygen atoms in total. The molecule has 5 aliphatic rings. The highest BCUT2D eigenvalue weighted by atomic mass is 19.1. The molecule has 8 atom stereocenters. The van der Waals surface area contributed by atoms with Crippen molar-refractivity contribution in [1.82, 2.24) is 0 Å². The predicted molar refractivity (Wildman–Crippen MR) is 109 cm³/mol. The normalized spacial score (nSPS) is 49.5. The molecule has 3 saturated carbocycles. The number of carboxylic acid groups (broad SMARTS) is 1. The van der Waals surface area contributed by atoms with Gasteiger partial charge in [-0.05, 0) is 50.7 Å². The quantitative estimate of drug-likeness (QED) is 0.566. The molecule has 1 aliphatic heterocycles. The zero-order chi connectivity index (χ0) is 23.4. The van der Waals surface area contributed by atoms with Gasteiger partial charge in [-0.1, -0.05) is 25.5 Å². The number of hydrogen-bond acceptors (Lipinski definition) is 6. The van der Waals surface area contributed by atoms with Crippen LogP contribution in [0.4, 0.5) is 4.39 Å². The van der Waals surface area contributed by atoms with Crippen LogP contribution in [0.3, 0.4) is 0 Å². The van der Waals surface area contributed by atoms with Crippen LogP contribution in [-0.2, 0) is 19.1 Å². The largest absolute Gasteiger partial charge is 0.501 e. The van der Waals surface area contributed by atoms with Gasteiger partial charge in [-0.2, -0.15) is 0 Å². The standard InChI is InChI=1S/C24H27FO7/c1-11-8-15-14-5-4-12-9-13(26)6-7-21(12,2)23(14,25)16(27)10-22(15,3)24(11)19(29)17(28)18(32-24)20(30)31/h6-7,9,11,14-16,27-28H,4-5,8,10H2,1-3H3,(H,30,31)/t11-,14-,15-,16-,21-,22-,23-,24-/m0/s1. The second kappa shape index (κ2) is 6.10. The first-order valence-corrected chi connectivity index (χ1v) is 11.1. The van der Waals surface area contributed by atoms with E-state index in [4.69, 9.17) is 4.74 Å². The van der Waals surface area contributed by atoms with E-state index >= 15 is 4.39 Å². The maximum Gasteiger partial charge on any atom is 0.375 e. The van der Waals surface area contributed by atoms with Crippen molar-refractivity contribution in [1.29, 1.82) is 0 Å². The third kappa shape index (κ3) is 2.08. The number of ketones is 2. The lowest BCUT2D eigenvalue weighted by atomic mass is 9.44. The first kappa shape index (κ1) is 21.4. The van der Waals surface area contributed by atoms with Gasteiger partial charge in [-0.25, -0.2) is 9.18 Å². The topological polar surface area (TPSA) is 121 Å². The number of alkyl halides is 1. The molecule has 1 spiro atoms. The summed E-state index contributed by atoms with van der Waals surface area (Å²) in [6.07, 6.45) is 4.02. The molecule has 3 fully saturated rings. The number of hydrogen-bond donors (Lipinski definition) is 3. The van der Waals surface area contributed by atoms with Crippen LogP contribution in [0.25, 0.3) is 0 Å². The Morgan fingerprint density at radius 2 is 1.94 bits per heavy atom. The lowest BCUT2D eigenvalue weighted by Gasteiger charge is -2.62. The minimum absolute atomic E-state index is 0.133. The monoisotopic (exact) mass is 446 g/mol. The van der Waals surface area contributed by atoms with E-state index in [9.17, 15) is 29.7 Å². The molecule has 0 aromatic heterocycles. The summed E-state index contributed by atoms with van der Waals surface area (Å²) < 4.78 is 22.9. The van der Waals surface area contributed by atoms with Crippen molar-refractivity contribution in [3.63, 3.8) is 0 Å². The van der Waals surface area contributed by atoms with Crippen LogP contribution in [0.2, 0.25) is 0 Å². The number of carboxylic acids is 1.